The Labute approximate surface area is 178 Å². The highest BCUT2D eigenvalue weighted by molar-refractivity contribution is 7.22. The number of benzene rings is 5. The molecule has 5 aromatic carbocycles. The van der Waals surface area contributed by atoms with Gasteiger partial charge in [0.05, 0.1) is 0 Å². The van der Waals surface area contributed by atoms with Crippen molar-refractivity contribution in [2.24, 2.45) is 0 Å². The summed E-state index contributed by atoms with van der Waals surface area (Å²) in [5.41, 5.74) is 4.18. The van der Waals surface area contributed by atoms with E-state index in [1.54, 1.807) is 0 Å². The fourth-order valence-electron chi connectivity index (χ4n) is 5.46. The predicted molar refractivity (Wildman–Crippen MR) is 131 cm³/mol. The quantitative estimate of drug-likeness (QED) is 0.377. The third kappa shape index (κ3) is 2.21. The Bertz CT molecular complexity index is 1350. The Hall–Kier alpha value is -3.42. The van der Waals surface area contributed by atoms with E-state index in [0.29, 0.717) is 0 Å². The molecule has 0 saturated carbocycles. The van der Waals surface area contributed by atoms with Crippen LogP contribution in [0.4, 0.5) is 0 Å². The number of hydrogen-bond donors (Lipinski definition) is 0. The minimum Gasteiger partial charge on any atom is -0.0623 e. The molecule has 0 unspecified atom stereocenters. The van der Waals surface area contributed by atoms with Gasteiger partial charge in [0, 0.05) is 0 Å². The Balaban J connectivity index is 1.85. The zero-order chi connectivity index (χ0) is 20.1. The minimum absolute atomic E-state index is 1.34. The zero-order valence-corrected chi connectivity index (χ0v) is 18.0. The van der Waals surface area contributed by atoms with Crippen LogP contribution >= 0.6 is 0 Å². The second kappa shape index (κ2) is 6.55. The van der Waals surface area contributed by atoms with Crippen LogP contribution < -0.4 is 20.7 Å². The van der Waals surface area contributed by atoms with Gasteiger partial charge in [0.25, 0.3) is 0 Å². The SMILES string of the molecule is Cc1cccc2c3c(ccc12)[Si](c1ccccc1)(c1ccccc1)c1ccccc1-3. The molecule has 1 aliphatic rings. The molecule has 0 bridgehead atoms. The second-order valence-corrected chi connectivity index (χ2v) is 11.9. The molecule has 0 spiro atoms. The predicted octanol–water partition coefficient (Wildman–Crippen LogP) is 4.51. The number of aryl methyl sites for hydroxylation is 1. The molecular weight excluding hydrogens is 376 g/mol. The summed E-state index contributed by atoms with van der Waals surface area (Å²) in [5.74, 6) is 0. The van der Waals surface area contributed by atoms with Crippen molar-refractivity contribution in [2.75, 3.05) is 0 Å². The molecule has 0 aliphatic carbocycles. The van der Waals surface area contributed by atoms with Crippen molar-refractivity contribution in [3.05, 3.63) is 121 Å². The van der Waals surface area contributed by atoms with Crippen LogP contribution in [0.5, 0.6) is 0 Å². The van der Waals surface area contributed by atoms with Crippen molar-refractivity contribution in [2.45, 2.75) is 6.92 Å². The van der Waals surface area contributed by atoms with Gasteiger partial charge >= 0.3 is 0 Å². The van der Waals surface area contributed by atoms with E-state index in [2.05, 4.69) is 122 Å². The molecule has 0 fully saturated rings. The van der Waals surface area contributed by atoms with Gasteiger partial charge in [0.1, 0.15) is 0 Å². The standard InChI is InChI=1S/C29H22Si/c1-21-11-10-17-25-24(21)19-20-28-29(25)26-16-8-9-18-27(26)30(28,22-12-4-2-5-13-22)23-14-6-3-7-15-23/h2-20H,1H3. The van der Waals surface area contributed by atoms with Gasteiger partial charge in [-0.2, -0.15) is 0 Å². The van der Waals surface area contributed by atoms with E-state index in [1.807, 2.05) is 0 Å². The van der Waals surface area contributed by atoms with Gasteiger partial charge in [-0.25, -0.2) is 0 Å². The topological polar surface area (TPSA) is 0 Å². The lowest BCUT2D eigenvalue weighted by Crippen LogP contribution is -2.72. The summed E-state index contributed by atoms with van der Waals surface area (Å²) >= 11 is 0. The first kappa shape index (κ1) is 17.4. The van der Waals surface area contributed by atoms with Crippen LogP contribution in [-0.2, 0) is 0 Å². The van der Waals surface area contributed by atoms with Crippen molar-refractivity contribution >= 4 is 39.6 Å². The Kier molecular flexibility index (Phi) is 3.81. The molecule has 0 radical (unpaired) electrons. The average molecular weight is 399 g/mol. The van der Waals surface area contributed by atoms with E-state index in [-0.39, 0.29) is 0 Å². The van der Waals surface area contributed by atoms with Crippen LogP contribution in [0.2, 0.25) is 0 Å². The van der Waals surface area contributed by atoms with Gasteiger partial charge < -0.3 is 0 Å². The maximum absolute atomic E-state index is 2.43. The van der Waals surface area contributed by atoms with Gasteiger partial charge in [0.2, 0.25) is 0 Å². The molecule has 0 amide bonds. The maximum Gasteiger partial charge on any atom is 0.180 e. The normalized spacial score (nSPS) is 13.8. The highest BCUT2D eigenvalue weighted by Crippen LogP contribution is 2.35. The first-order chi connectivity index (χ1) is 14.8. The second-order valence-electron chi connectivity index (χ2n) is 8.19. The molecule has 5 aromatic rings. The van der Waals surface area contributed by atoms with Gasteiger partial charge in [0.15, 0.2) is 8.07 Å². The van der Waals surface area contributed by atoms with Crippen molar-refractivity contribution in [3.63, 3.8) is 0 Å². The molecule has 0 nitrogen and oxygen atoms in total. The molecule has 0 N–H and O–H groups in total. The third-order valence-corrected chi connectivity index (χ3v) is 11.6. The first-order valence-electron chi connectivity index (χ1n) is 10.6. The van der Waals surface area contributed by atoms with Crippen molar-refractivity contribution in [1.29, 1.82) is 0 Å². The number of fused-ring (bicyclic) bond motifs is 5. The summed E-state index contributed by atoms with van der Waals surface area (Å²) in [4.78, 5) is 0. The zero-order valence-electron chi connectivity index (χ0n) is 17.0. The number of hydrogen-bond acceptors (Lipinski definition) is 0. The molecule has 6 rings (SSSR count). The van der Waals surface area contributed by atoms with Crippen LogP contribution in [0.1, 0.15) is 5.56 Å². The van der Waals surface area contributed by atoms with Crippen LogP contribution in [0, 0.1) is 6.92 Å². The van der Waals surface area contributed by atoms with Gasteiger partial charge in [-0.05, 0) is 55.1 Å². The van der Waals surface area contributed by atoms with E-state index in [9.17, 15) is 0 Å². The highest BCUT2D eigenvalue weighted by Gasteiger charge is 2.48. The molecule has 1 aliphatic heterocycles. The Morgan fingerprint density at radius 2 is 1.10 bits per heavy atom. The first-order valence-corrected chi connectivity index (χ1v) is 12.6. The molecule has 0 saturated heterocycles. The van der Waals surface area contributed by atoms with E-state index in [1.165, 1.54) is 48.2 Å². The monoisotopic (exact) mass is 398 g/mol. The molecule has 1 heteroatoms. The van der Waals surface area contributed by atoms with E-state index < -0.39 is 8.07 Å². The highest BCUT2D eigenvalue weighted by atomic mass is 28.3. The largest absolute Gasteiger partial charge is 0.180 e. The fraction of sp³-hybridized carbons (Fsp3) is 0.0345. The van der Waals surface area contributed by atoms with Crippen LogP contribution in [0.3, 0.4) is 0 Å². The lowest BCUT2D eigenvalue weighted by atomic mass is 9.96. The van der Waals surface area contributed by atoms with Gasteiger partial charge in [-0.1, -0.05) is 115 Å². The molecule has 30 heavy (non-hydrogen) atoms. The van der Waals surface area contributed by atoms with Crippen LogP contribution in [-0.4, -0.2) is 8.07 Å². The van der Waals surface area contributed by atoms with E-state index >= 15 is 0 Å². The van der Waals surface area contributed by atoms with Crippen molar-refractivity contribution in [3.8, 4) is 11.1 Å². The lowest BCUT2D eigenvalue weighted by Gasteiger charge is -2.31. The summed E-state index contributed by atoms with van der Waals surface area (Å²) in [6.07, 6.45) is 0. The molecule has 142 valence electrons. The summed E-state index contributed by atoms with van der Waals surface area (Å²) in [5, 5.41) is 8.66. The Morgan fingerprint density at radius 3 is 1.80 bits per heavy atom. The van der Waals surface area contributed by atoms with Crippen molar-refractivity contribution in [1.82, 2.24) is 0 Å². The average Bonchev–Trinajstić information content (AvgIpc) is 3.12. The van der Waals surface area contributed by atoms with Gasteiger partial charge in [-0.15, -0.1) is 0 Å². The summed E-state index contributed by atoms with van der Waals surface area (Å²) in [6.45, 7) is 2.22. The van der Waals surface area contributed by atoms with Crippen LogP contribution in [0.25, 0.3) is 21.9 Å². The molecule has 1 heterocycles. The third-order valence-electron chi connectivity index (χ3n) is 6.70. The molecule has 0 aromatic heterocycles. The summed E-state index contributed by atoms with van der Waals surface area (Å²) in [7, 11) is -2.36. The molecule has 0 atom stereocenters. The summed E-state index contributed by atoms with van der Waals surface area (Å²) < 4.78 is 0. The van der Waals surface area contributed by atoms with Gasteiger partial charge in [-0.3, -0.25) is 0 Å². The smallest absolute Gasteiger partial charge is 0.0623 e. The maximum atomic E-state index is 2.43. The minimum atomic E-state index is -2.36. The van der Waals surface area contributed by atoms with E-state index in [0.717, 1.165) is 0 Å². The number of rotatable bonds is 2. The lowest BCUT2D eigenvalue weighted by molar-refractivity contribution is 1.53. The van der Waals surface area contributed by atoms with E-state index in [4.69, 9.17) is 0 Å². The molecular formula is C29H22Si. The van der Waals surface area contributed by atoms with Crippen molar-refractivity contribution < 1.29 is 0 Å². The summed E-state index contributed by atoms with van der Waals surface area (Å²) in [6, 6.07) is 43.0. The van der Waals surface area contributed by atoms with Crippen LogP contribution in [0.15, 0.2) is 115 Å². The Morgan fingerprint density at radius 1 is 0.467 bits per heavy atom. The fourth-order valence-corrected chi connectivity index (χ4v) is 10.6.